The fourth-order valence-corrected chi connectivity index (χ4v) is 4.86. The molecule has 0 spiro atoms. The molecule has 26 heavy (non-hydrogen) atoms. The third-order valence-electron chi connectivity index (χ3n) is 4.48. The number of benzene rings is 2. The van der Waals surface area contributed by atoms with Gasteiger partial charge in [-0.1, -0.05) is 30.3 Å². The van der Waals surface area contributed by atoms with Gasteiger partial charge in [-0.15, -0.1) is 0 Å². The Bertz CT molecular complexity index is 825. The van der Waals surface area contributed by atoms with Gasteiger partial charge in [0.25, 0.3) is 0 Å². The first-order chi connectivity index (χ1) is 12.6. The maximum Gasteiger partial charge on any atom is 0.243 e. The SMILES string of the molecule is O=S1(=O)c2ccc(OCCNO)cc2CCN1CCCc1ccccc1. The van der Waals surface area contributed by atoms with Gasteiger partial charge in [-0.3, -0.25) is 0 Å². The molecule has 0 aliphatic carbocycles. The number of nitrogens with one attached hydrogen (secondary N) is 1. The van der Waals surface area contributed by atoms with E-state index in [0.29, 0.717) is 43.3 Å². The molecule has 0 fully saturated rings. The molecule has 2 aromatic rings. The molecular formula is C19H24N2O4S. The number of hydroxylamine groups is 1. The summed E-state index contributed by atoms with van der Waals surface area (Å²) in [5.74, 6) is 0.617. The molecule has 7 heteroatoms. The second-order valence-corrected chi connectivity index (χ2v) is 8.18. The lowest BCUT2D eigenvalue weighted by atomic mass is 10.1. The van der Waals surface area contributed by atoms with E-state index < -0.39 is 10.0 Å². The smallest absolute Gasteiger partial charge is 0.243 e. The molecule has 1 aliphatic heterocycles. The highest BCUT2D eigenvalue weighted by molar-refractivity contribution is 7.89. The van der Waals surface area contributed by atoms with Crippen molar-refractivity contribution in [1.82, 2.24) is 9.79 Å². The van der Waals surface area contributed by atoms with Gasteiger partial charge in [0.1, 0.15) is 12.4 Å². The van der Waals surface area contributed by atoms with E-state index in [9.17, 15) is 8.42 Å². The minimum Gasteiger partial charge on any atom is -0.492 e. The normalized spacial score (nSPS) is 16.2. The van der Waals surface area contributed by atoms with Crippen molar-refractivity contribution in [3.05, 3.63) is 59.7 Å². The van der Waals surface area contributed by atoms with Gasteiger partial charge < -0.3 is 9.94 Å². The van der Waals surface area contributed by atoms with E-state index in [1.54, 1.807) is 22.5 Å². The van der Waals surface area contributed by atoms with Crippen LogP contribution in [0.2, 0.25) is 0 Å². The Morgan fingerprint density at radius 1 is 1.15 bits per heavy atom. The van der Waals surface area contributed by atoms with Crippen LogP contribution >= 0.6 is 0 Å². The minimum absolute atomic E-state index is 0.310. The number of nitrogens with zero attached hydrogens (tertiary/aromatic N) is 1. The fraction of sp³-hybridized carbons (Fsp3) is 0.368. The van der Waals surface area contributed by atoms with Gasteiger partial charge in [0.05, 0.1) is 11.4 Å². The summed E-state index contributed by atoms with van der Waals surface area (Å²) in [6, 6.07) is 15.2. The van der Waals surface area contributed by atoms with E-state index in [1.165, 1.54) is 5.56 Å². The van der Waals surface area contributed by atoms with Crippen molar-refractivity contribution in [2.24, 2.45) is 0 Å². The van der Waals surface area contributed by atoms with Crippen molar-refractivity contribution >= 4 is 10.0 Å². The summed E-state index contributed by atoms with van der Waals surface area (Å²) in [7, 11) is -3.45. The molecule has 1 aliphatic rings. The zero-order chi connectivity index (χ0) is 18.4. The van der Waals surface area contributed by atoms with E-state index >= 15 is 0 Å². The molecule has 2 aromatic carbocycles. The summed E-state index contributed by atoms with van der Waals surface area (Å²) in [6.45, 7) is 1.64. The third-order valence-corrected chi connectivity index (χ3v) is 6.48. The van der Waals surface area contributed by atoms with Crippen molar-refractivity contribution in [3.63, 3.8) is 0 Å². The number of aryl methyl sites for hydroxylation is 1. The lowest BCUT2D eigenvalue weighted by Gasteiger charge is -2.28. The zero-order valence-corrected chi connectivity index (χ0v) is 15.4. The third kappa shape index (κ3) is 4.42. The van der Waals surface area contributed by atoms with Gasteiger partial charge in [0, 0.05) is 13.1 Å². The lowest BCUT2D eigenvalue weighted by Crippen LogP contribution is -2.38. The Hall–Kier alpha value is -1.93. The second-order valence-electron chi connectivity index (χ2n) is 6.27. The van der Waals surface area contributed by atoms with E-state index in [1.807, 2.05) is 23.7 Å². The molecule has 0 saturated heterocycles. The molecule has 0 saturated carbocycles. The van der Waals surface area contributed by atoms with Crippen LogP contribution in [-0.4, -0.2) is 44.2 Å². The van der Waals surface area contributed by atoms with Crippen LogP contribution in [0, 0.1) is 0 Å². The first-order valence-electron chi connectivity index (χ1n) is 8.78. The topological polar surface area (TPSA) is 78.9 Å². The molecule has 0 unspecified atom stereocenters. The number of rotatable bonds is 8. The Kier molecular flexibility index (Phi) is 6.26. The minimum atomic E-state index is -3.45. The first kappa shape index (κ1) is 18.8. The Morgan fingerprint density at radius 2 is 1.96 bits per heavy atom. The average Bonchev–Trinajstić information content (AvgIpc) is 2.64. The molecule has 0 amide bonds. The van der Waals surface area contributed by atoms with Crippen molar-refractivity contribution < 1.29 is 18.4 Å². The molecular weight excluding hydrogens is 352 g/mol. The lowest BCUT2D eigenvalue weighted by molar-refractivity contribution is 0.145. The van der Waals surface area contributed by atoms with E-state index in [2.05, 4.69) is 12.1 Å². The maximum atomic E-state index is 12.9. The van der Waals surface area contributed by atoms with Crippen LogP contribution in [0.25, 0.3) is 0 Å². The van der Waals surface area contributed by atoms with Crippen LogP contribution in [0.5, 0.6) is 5.75 Å². The second kappa shape index (κ2) is 8.64. The standard InChI is InChI=1S/C19H24N2O4S/c22-20-11-14-25-18-8-9-19-17(15-18)10-13-21(26(19,23)24)12-4-7-16-5-2-1-3-6-16/h1-3,5-6,8-9,15,20,22H,4,7,10-14H2. The Balaban J connectivity index is 1.64. The predicted octanol–water partition coefficient (Wildman–Crippen LogP) is 2.22. The summed E-state index contributed by atoms with van der Waals surface area (Å²) >= 11 is 0. The molecule has 0 radical (unpaired) electrons. The monoisotopic (exact) mass is 376 g/mol. The molecule has 0 atom stereocenters. The fourth-order valence-electron chi connectivity index (χ4n) is 3.15. The quantitative estimate of drug-likeness (QED) is 0.546. The summed E-state index contributed by atoms with van der Waals surface area (Å²) in [5, 5.41) is 8.56. The van der Waals surface area contributed by atoms with Crippen molar-refractivity contribution in [1.29, 1.82) is 0 Å². The van der Waals surface area contributed by atoms with Crippen LogP contribution in [0.3, 0.4) is 0 Å². The largest absolute Gasteiger partial charge is 0.492 e. The van der Waals surface area contributed by atoms with Gasteiger partial charge in [0.2, 0.25) is 10.0 Å². The molecule has 1 heterocycles. The van der Waals surface area contributed by atoms with Crippen LogP contribution in [0.4, 0.5) is 0 Å². The van der Waals surface area contributed by atoms with Gasteiger partial charge in [0.15, 0.2) is 0 Å². The zero-order valence-electron chi connectivity index (χ0n) is 14.6. The van der Waals surface area contributed by atoms with Gasteiger partial charge in [-0.2, -0.15) is 4.31 Å². The first-order valence-corrected chi connectivity index (χ1v) is 10.2. The Morgan fingerprint density at radius 3 is 2.73 bits per heavy atom. The van der Waals surface area contributed by atoms with Gasteiger partial charge in [-0.25, -0.2) is 13.9 Å². The maximum absolute atomic E-state index is 12.9. The van der Waals surface area contributed by atoms with E-state index in [4.69, 9.17) is 9.94 Å². The van der Waals surface area contributed by atoms with Gasteiger partial charge in [-0.05, 0) is 48.6 Å². The number of sulfonamides is 1. The summed E-state index contributed by atoms with van der Waals surface area (Å²) in [4.78, 5) is 0.371. The molecule has 0 bridgehead atoms. The van der Waals surface area contributed by atoms with E-state index in [-0.39, 0.29) is 0 Å². The van der Waals surface area contributed by atoms with Crippen LogP contribution in [0.15, 0.2) is 53.4 Å². The average molecular weight is 376 g/mol. The van der Waals surface area contributed by atoms with Crippen LogP contribution < -0.4 is 10.2 Å². The van der Waals surface area contributed by atoms with Crippen molar-refractivity contribution in [2.75, 3.05) is 26.2 Å². The summed E-state index contributed by atoms with van der Waals surface area (Å²) in [5.41, 5.74) is 4.04. The highest BCUT2D eigenvalue weighted by Gasteiger charge is 2.31. The van der Waals surface area contributed by atoms with E-state index in [0.717, 1.165) is 18.4 Å². The number of ether oxygens (including phenoxy) is 1. The molecule has 140 valence electrons. The number of fused-ring (bicyclic) bond motifs is 1. The van der Waals surface area contributed by atoms with Crippen LogP contribution in [-0.2, 0) is 22.9 Å². The highest BCUT2D eigenvalue weighted by atomic mass is 32.2. The molecule has 6 nitrogen and oxygen atoms in total. The number of hydrogen-bond acceptors (Lipinski definition) is 5. The van der Waals surface area contributed by atoms with Crippen molar-refractivity contribution in [2.45, 2.75) is 24.2 Å². The molecule has 3 rings (SSSR count). The predicted molar refractivity (Wildman–Crippen MR) is 99.0 cm³/mol. The molecule has 0 aromatic heterocycles. The Labute approximate surface area is 154 Å². The summed E-state index contributed by atoms with van der Waals surface area (Å²) in [6.07, 6.45) is 2.34. The molecule has 2 N–H and O–H groups in total. The highest BCUT2D eigenvalue weighted by Crippen LogP contribution is 2.29. The van der Waals surface area contributed by atoms with Crippen LogP contribution in [0.1, 0.15) is 17.5 Å². The van der Waals surface area contributed by atoms with Crippen molar-refractivity contribution in [3.8, 4) is 5.75 Å². The summed E-state index contributed by atoms with van der Waals surface area (Å²) < 4.78 is 32.8. The van der Waals surface area contributed by atoms with Gasteiger partial charge >= 0.3 is 0 Å². The number of hydrogen-bond donors (Lipinski definition) is 2.